The van der Waals surface area contributed by atoms with Gasteiger partial charge >= 0.3 is 0 Å². The Labute approximate surface area is 36.9 Å². The van der Waals surface area contributed by atoms with Crippen molar-refractivity contribution in [2.45, 2.75) is 0 Å². The normalized spacial score (nSPS) is 1.00. The molecule has 0 heterocycles. The van der Waals surface area contributed by atoms with Gasteiger partial charge in [-0.2, -0.15) is 0 Å². The second-order valence-electron chi connectivity index (χ2n) is 0. The number of hydrogen-bond acceptors (Lipinski definition) is 1. The molecule has 0 unspecified atom stereocenters. The van der Waals surface area contributed by atoms with Crippen LogP contribution in [0.25, 0.3) is 0 Å². The van der Waals surface area contributed by atoms with E-state index < -0.39 is 0 Å². The Morgan fingerprint density at radius 2 is 1.25 bits per heavy atom. The van der Waals surface area contributed by atoms with Crippen LogP contribution in [0.2, 0.25) is 0 Å². The molecular weight excluding hydrogens is 95.9 g/mol. The molecule has 0 radical (unpaired) electrons. The van der Waals surface area contributed by atoms with Crippen LogP contribution in [-0.4, -0.2) is 6.79 Å². The van der Waals surface area contributed by atoms with Crippen LogP contribution in [0.5, 0.6) is 0 Å². The molecule has 1 nitrogen and oxygen atoms in total. The van der Waals surface area contributed by atoms with E-state index in [2.05, 4.69) is 0 Å². The zero-order valence-electron chi connectivity index (χ0n) is 2.47. The fraction of sp³-hybridized carbons (Fsp3) is 0. The van der Waals surface area contributed by atoms with E-state index >= 15 is 0 Å². The van der Waals surface area contributed by atoms with Gasteiger partial charge in [-0.25, -0.2) is 0 Å². The minimum atomic E-state index is 0. The fourth-order valence-electron chi connectivity index (χ4n) is 0. The summed E-state index contributed by atoms with van der Waals surface area (Å²) >= 11 is 0. The summed E-state index contributed by atoms with van der Waals surface area (Å²) in [4.78, 5) is 8.00. The number of rotatable bonds is 0. The van der Waals surface area contributed by atoms with Gasteiger partial charge in [0.2, 0.25) is 0 Å². The molecule has 0 aliphatic rings. The summed E-state index contributed by atoms with van der Waals surface area (Å²) in [7, 11) is 0. The number of hydrogen-bond donors (Lipinski definition) is 0. The molecule has 0 rings (SSSR count). The predicted molar refractivity (Wildman–Crippen MR) is 13.5 cm³/mol. The molecule has 0 aromatic carbocycles. The average Bonchev–Trinajstić information content (AvgIpc) is 1.00. The van der Waals surface area contributed by atoms with E-state index in [1.807, 2.05) is 6.79 Å². The minimum absolute atomic E-state index is 0. The molecule has 0 fully saturated rings. The van der Waals surface area contributed by atoms with Crippen LogP contribution in [0.15, 0.2) is 0 Å². The summed E-state index contributed by atoms with van der Waals surface area (Å²) in [6, 6.07) is 0. The Morgan fingerprint density at radius 1 is 1.25 bits per heavy atom. The standard InChI is InChI=1S/CH2O.CH3.Fe/c1-2;;/h1H2;1H3;/q;-1;. The maximum Gasteiger partial charge on any atom is 0.106 e. The Kier molecular flexibility index (Phi) is 3210. The van der Waals surface area contributed by atoms with Crippen LogP contribution in [0.1, 0.15) is 0 Å². The predicted octanol–water partition coefficient (Wildman–Crippen LogP) is 0.263. The Balaban J connectivity index is -0.00000000500. The van der Waals surface area contributed by atoms with E-state index in [9.17, 15) is 0 Å². The Morgan fingerprint density at radius 3 is 1.25 bits per heavy atom. The molecule has 0 aromatic rings. The molecule has 4 heavy (non-hydrogen) atoms. The van der Waals surface area contributed by atoms with Gasteiger partial charge in [0.15, 0.2) is 0 Å². The molecule has 0 saturated heterocycles. The Hall–Kier alpha value is 0.189. The Bertz CT molecular complexity index is 6.00. The summed E-state index contributed by atoms with van der Waals surface area (Å²) < 4.78 is 0. The third kappa shape index (κ3) is 86.3. The number of carbonyl (C=O) groups is 1. The molecule has 0 aliphatic carbocycles. The molecule has 0 bridgehead atoms. The van der Waals surface area contributed by atoms with Crippen molar-refractivity contribution in [2.24, 2.45) is 0 Å². The molecule has 0 spiro atoms. The van der Waals surface area contributed by atoms with Crippen molar-refractivity contribution >= 4 is 6.79 Å². The summed E-state index contributed by atoms with van der Waals surface area (Å²) in [5.41, 5.74) is 0. The van der Waals surface area contributed by atoms with Crippen LogP contribution in [-0.2, 0) is 21.9 Å². The molecular formula is C2H5FeO-. The van der Waals surface area contributed by atoms with Gasteiger partial charge in [0, 0.05) is 17.1 Å². The van der Waals surface area contributed by atoms with Crippen molar-refractivity contribution in [3.05, 3.63) is 7.43 Å². The van der Waals surface area contributed by atoms with Crippen LogP contribution in [0.3, 0.4) is 0 Å². The van der Waals surface area contributed by atoms with Crippen molar-refractivity contribution in [1.29, 1.82) is 0 Å². The molecule has 28 valence electrons. The van der Waals surface area contributed by atoms with Crippen LogP contribution in [0, 0.1) is 7.43 Å². The van der Waals surface area contributed by atoms with E-state index in [4.69, 9.17) is 4.79 Å². The second kappa shape index (κ2) is 426. The second-order valence-corrected chi connectivity index (χ2v) is 0. The van der Waals surface area contributed by atoms with Gasteiger partial charge in [0.25, 0.3) is 0 Å². The average molecular weight is 101 g/mol. The molecule has 0 amide bonds. The minimum Gasteiger partial charge on any atom is -0.358 e. The number of carbonyl (C=O) groups excluding carboxylic acids is 1. The van der Waals surface area contributed by atoms with E-state index in [1.54, 1.807) is 0 Å². The van der Waals surface area contributed by atoms with Crippen molar-refractivity contribution in [3.8, 4) is 0 Å². The first-order valence-electron chi connectivity index (χ1n) is 0.289. The summed E-state index contributed by atoms with van der Waals surface area (Å²) in [6.07, 6.45) is 0. The maximum atomic E-state index is 8.00. The fourth-order valence-corrected chi connectivity index (χ4v) is 0. The molecule has 0 aliphatic heterocycles. The largest absolute Gasteiger partial charge is 0.358 e. The topological polar surface area (TPSA) is 17.1 Å². The van der Waals surface area contributed by atoms with Gasteiger partial charge in [0.05, 0.1) is 0 Å². The van der Waals surface area contributed by atoms with Gasteiger partial charge in [-0.05, 0) is 0 Å². The van der Waals surface area contributed by atoms with E-state index in [-0.39, 0.29) is 24.5 Å². The quantitative estimate of drug-likeness (QED) is 0.316. The third-order valence-electron chi connectivity index (χ3n) is 0. The van der Waals surface area contributed by atoms with Gasteiger partial charge < -0.3 is 12.2 Å². The monoisotopic (exact) mass is 101 g/mol. The van der Waals surface area contributed by atoms with Crippen molar-refractivity contribution in [3.63, 3.8) is 0 Å². The first-order valence-corrected chi connectivity index (χ1v) is 0.289. The van der Waals surface area contributed by atoms with Gasteiger partial charge in [-0.15, -0.1) is 0 Å². The first kappa shape index (κ1) is 30.1. The molecule has 0 atom stereocenters. The van der Waals surface area contributed by atoms with Gasteiger partial charge in [-0.3, -0.25) is 0 Å². The molecule has 0 aromatic heterocycles. The van der Waals surface area contributed by atoms with E-state index in [0.29, 0.717) is 0 Å². The van der Waals surface area contributed by atoms with E-state index in [1.165, 1.54) is 0 Å². The first-order chi connectivity index (χ1) is 1.00. The molecule has 2 heteroatoms. The van der Waals surface area contributed by atoms with E-state index in [0.717, 1.165) is 0 Å². The summed E-state index contributed by atoms with van der Waals surface area (Å²) in [5, 5.41) is 0. The zero-order chi connectivity index (χ0) is 2.00. The summed E-state index contributed by atoms with van der Waals surface area (Å²) in [6.45, 7) is 2.00. The molecule has 0 saturated carbocycles. The van der Waals surface area contributed by atoms with Crippen molar-refractivity contribution < 1.29 is 21.9 Å². The van der Waals surface area contributed by atoms with Crippen LogP contribution >= 0.6 is 0 Å². The summed E-state index contributed by atoms with van der Waals surface area (Å²) in [5.74, 6) is 0. The van der Waals surface area contributed by atoms with Crippen LogP contribution in [0.4, 0.5) is 0 Å². The SMILES string of the molecule is C=O.[CH3-].[Fe]. The molecule has 0 N–H and O–H groups in total. The third-order valence-corrected chi connectivity index (χ3v) is 0. The van der Waals surface area contributed by atoms with Gasteiger partial charge in [0.1, 0.15) is 6.79 Å². The van der Waals surface area contributed by atoms with Crippen LogP contribution < -0.4 is 0 Å². The van der Waals surface area contributed by atoms with Crippen molar-refractivity contribution in [2.75, 3.05) is 0 Å². The zero-order valence-corrected chi connectivity index (χ0v) is 3.57. The van der Waals surface area contributed by atoms with Gasteiger partial charge in [-0.1, -0.05) is 0 Å². The maximum absolute atomic E-state index is 8.00. The van der Waals surface area contributed by atoms with Crippen molar-refractivity contribution in [1.82, 2.24) is 0 Å². The smallest absolute Gasteiger partial charge is 0.106 e.